The maximum Gasteiger partial charge on any atom is 0.303 e. The zero-order valence-corrected chi connectivity index (χ0v) is 75.5. The van der Waals surface area contributed by atoms with Crippen LogP contribution in [0.5, 0.6) is 11.5 Å². The molecule has 6 fully saturated rings. The topological polar surface area (TPSA) is 628 Å². The van der Waals surface area contributed by atoms with Gasteiger partial charge in [0.05, 0.1) is 13.7 Å². The molecule has 0 unspecified atom stereocenters. The first-order valence-electron chi connectivity index (χ1n) is 40.9. The largest absolute Gasteiger partial charge is 0.497 e. The number of amides is 3. The number of carbonyl (C=O) groups is 19. The first kappa shape index (κ1) is 107. The highest BCUT2D eigenvalue weighted by atomic mass is 16.8. The molecule has 1 aromatic carbocycles. The van der Waals surface area contributed by atoms with Crippen LogP contribution in [0.2, 0.25) is 0 Å². The number of benzene rings is 1. The summed E-state index contributed by atoms with van der Waals surface area (Å²) >= 11 is 0. The van der Waals surface area contributed by atoms with Crippen molar-refractivity contribution in [3.63, 3.8) is 0 Å². The van der Waals surface area contributed by atoms with Crippen LogP contribution >= 0.6 is 0 Å². The van der Waals surface area contributed by atoms with E-state index in [0.29, 0.717) is 5.75 Å². The minimum Gasteiger partial charge on any atom is -0.497 e. The highest BCUT2D eigenvalue weighted by Crippen LogP contribution is 2.43. The fourth-order valence-corrected chi connectivity index (χ4v) is 14.8. The Balaban J connectivity index is 1.60. The van der Waals surface area contributed by atoms with E-state index in [9.17, 15) is 91.1 Å². The van der Waals surface area contributed by atoms with Crippen molar-refractivity contribution >= 4 is 113 Å². The van der Waals surface area contributed by atoms with Crippen LogP contribution in [0.15, 0.2) is 24.3 Å². The van der Waals surface area contributed by atoms with Crippen molar-refractivity contribution < 1.29 is 228 Å². The lowest BCUT2D eigenvalue weighted by molar-refractivity contribution is -0.394. The normalized spacial score (nSPS) is 31.8. The molecule has 0 spiro atoms. The Kier molecular flexibility index (Phi) is 40.4. The fourth-order valence-electron chi connectivity index (χ4n) is 14.8. The molecular formula is C81H109N3O48. The maximum atomic E-state index is 14.4. The molecule has 3 N–H and O–H groups in total. The highest BCUT2D eigenvalue weighted by molar-refractivity contribution is 5.76. The summed E-state index contributed by atoms with van der Waals surface area (Å²) < 4.78 is 177. The standard InChI is InChI=1S/C81H109N3O48/c1-31(85)82-58-69(118-46(16)100)63(54(27-107-36(6)90)123-76(58)122-51-23-21-50(104-20)22-24-51)129-80-74(121-49(19)103)72(130-81-75(71(120-48(18)102)65(114-42(12)96)56(127-81)29-109-38(8)92)132-78-60(84-33(3)87)68(117-45(15)99)62(112-40(10)94)53(125-78)26-106-35(5)89)66(115-43(13)97)57(128-80)30-110-79-73(70(119-47(17)101)64(113-41(11)95)55(126-79)28-108-37(7)91)131-77-59(83-32(2)86)67(116-44(14)98)61(111-39(9)93)52(124-77)25-105-34(4)88/h21-24,52-81H,25-30H2,1-20H3,(H,82,85)(H,83,86)(H,84,87)/t52-,53-,54-,55-,56-,57-,58-,59-,60-,61-,62-,63-,64-,65-,66-,67-,68-,69-,70+,71+,72+,73+,74+,75+,76-,77+,78+,79+,80+,81-/m1/s1. The molecule has 6 saturated heterocycles. The van der Waals surface area contributed by atoms with E-state index in [1.807, 2.05) is 0 Å². The number of methoxy groups -OCH3 is 1. The maximum absolute atomic E-state index is 14.4. The third-order valence-corrected chi connectivity index (χ3v) is 19.3. The average molecular weight is 1890 g/mol. The van der Waals surface area contributed by atoms with Crippen LogP contribution in [0.25, 0.3) is 0 Å². The van der Waals surface area contributed by atoms with E-state index in [-0.39, 0.29) is 5.75 Å². The van der Waals surface area contributed by atoms with E-state index in [0.717, 1.165) is 132 Å². The lowest BCUT2D eigenvalue weighted by Gasteiger charge is -2.52. The number of hydrogen-bond acceptors (Lipinski definition) is 48. The van der Waals surface area contributed by atoms with Gasteiger partial charge in [-0.05, 0) is 24.3 Å². The lowest BCUT2D eigenvalue weighted by Crippen LogP contribution is -2.71. The van der Waals surface area contributed by atoms with Gasteiger partial charge in [0.1, 0.15) is 111 Å². The van der Waals surface area contributed by atoms with E-state index >= 15 is 0 Å². The molecule has 6 aliphatic rings. The van der Waals surface area contributed by atoms with Crippen LogP contribution in [0.1, 0.15) is 132 Å². The molecule has 0 bridgehead atoms. The van der Waals surface area contributed by atoms with Gasteiger partial charge in [0.15, 0.2) is 111 Å². The number of esters is 16. The molecule has 736 valence electrons. The SMILES string of the molecule is COc1ccc(O[C@@H]2O[C@H](COC(C)=O)[C@@H](O[C@@H]3O[C@H](CO[C@H]4O[C@H](COC(C)=O)[C@@H](OC(C)=O)[C@H](OC(C)=O)[C@@H]4O[C@@H]4O[C@H](COC(C)=O)[C@@H](OC(C)=O)[C@H](OC(C)=O)[C@H]4NC(C)=O)[C@@H](OC(C)=O)[C@H](O[C@H]4O[C@H](COC(C)=O)[C@@H](OC(C)=O)[C@H](OC(C)=O)[C@@H]4O[C@@H]4O[C@H](COC(C)=O)[C@@H](OC(C)=O)[C@H](OC(C)=O)[C@H]4NC(C)=O)[C@@H]3OC(C)=O)[C@H](OC(C)=O)[C@H]2NC(C)=O)cc1. The number of hydrogen-bond donors (Lipinski definition) is 3. The first-order valence-corrected chi connectivity index (χ1v) is 40.9. The Bertz CT molecular complexity index is 4280. The zero-order valence-electron chi connectivity index (χ0n) is 75.5. The third kappa shape index (κ3) is 31.8. The van der Waals surface area contributed by atoms with Crippen LogP contribution in [-0.2, 0) is 219 Å². The van der Waals surface area contributed by atoms with Gasteiger partial charge in [-0.3, -0.25) is 91.1 Å². The van der Waals surface area contributed by atoms with Crippen molar-refractivity contribution in [3.05, 3.63) is 24.3 Å². The third-order valence-electron chi connectivity index (χ3n) is 19.3. The van der Waals surface area contributed by atoms with Crippen LogP contribution in [0, 0.1) is 0 Å². The molecule has 51 heteroatoms. The molecule has 7 rings (SSSR count). The van der Waals surface area contributed by atoms with Gasteiger partial charge < -0.3 is 153 Å². The van der Waals surface area contributed by atoms with Crippen LogP contribution < -0.4 is 25.4 Å². The molecule has 132 heavy (non-hydrogen) atoms. The molecule has 0 aromatic heterocycles. The Morgan fingerprint density at radius 3 is 0.765 bits per heavy atom. The average Bonchev–Trinajstić information content (AvgIpc) is 0.779. The Labute approximate surface area is 753 Å². The van der Waals surface area contributed by atoms with Gasteiger partial charge >= 0.3 is 95.5 Å². The summed E-state index contributed by atoms with van der Waals surface area (Å²) in [6.45, 7) is 11.4. The van der Waals surface area contributed by atoms with Crippen LogP contribution in [0.3, 0.4) is 0 Å². The number of ether oxygens (including phenoxy) is 29. The van der Waals surface area contributed by atoms with E-state index in [1.165, 1.54) is 31.4 Å². The number of nitrogens with one attached hydrogen (secondary N) is 3. The van der Waals surface area contributed by atoms with Crippen molar-refractivity contribution in [2.45, 2.75) is 316 Å². The summed E-state index contributed by atoms with van der Waals surface area (Å²) in [5.74, 6) is -20.5. The molecule has 30 atom stereocenters. The molecule has 0 radical (unpaired) electrons. The molecule has 6 aliphatic heterocycles. The molecule has 51 nitrogen and oxygen atoms in total. The second-order valence-electron chi connectivity index (χ2n) is 30.3. The minimum atomic E-state index is -2.60. The van der Waals surface area contributed by atoms with Crippen molar-refractivity contribution in [1.82, 2.24) is 16.0 Å². The Morgan fingerprint density at radius 1 is 0.227 bits per heavy atom. The van der Waals surface area contributed by atoms with Gasteiger partial charge in [-0.15, -0.1) is 0 Å². The Hall–Kier alpha value is -11.7. The van der Waals surface area contributed by atoms with Gasteiger partial charge in [0, 0.05) is 132 Å². The smallest absolute Gasteiger partial charge is 0.303 e. The van der Waals surface area contributed by atoms with E-state index in [2.05, 4.69) is 16.0 Å². The van der Waals surface area contributed by atoms with E-state index < -0.39 is 337 Å². The summed E-state index contributed by atoms with van der Waals surface area (Å²) in [6.07, 6.45) is -58.1. The molecule has 6 heterocycles. The number of carbonyl (C=O) groups excluding carboxylic acids is 19. The first-order chi connectivity index (χ1) is 62.0. The van der Waals surface area contributed by atoms with Crippen molar-refractivity contribution in [2.24, 2.45) is 0 Å². The second kappa shape index (κ2) is 49.7. The van der Waals surface area contributed by atoms with Gasteiger partial charge in [-0.25, -0.2) is 0 Å². The molecular weight excluding hydrogens is 1780 g/mol. The van der Waals surface area contributed by atoms with E-state index in [1.54, 1.807) is 0 Å². The monoisotopic (exact) mass is 1890 g/mol. The van der Waals surface area contributed by atoms with Crippen molar-refractivity contribution in [3.8, 4) is 11.5 Å². The van der Waals surface area contributed by atoms with Crippen LogP contribution in [-0.4, -0.2) is 344 Å². The van der Waals surface area contributed by atoms with Crippen molar-refractivity contribution in [1.29, 1.82) is 0 Å². The zero-order chi connectivity index (χ0) is 98.1. The Morgan fingerprint density at radius 2 is 0.447 bits per heavy atom. The summed E-state index contributed by atoms with van der Waals surface area (Å²) in [5, 5.41) is 7.60. The molecule has 0 saturated carbocycles. The summed E-state index contributed by atoms with van der Waals surface area (Å²) in [4.78, 5) is 255. The lowest BCUT2D eigenvalue weighted by atomic mass is 9.93. The molecule has 3 amide bonds. The highest BCUT2D eigenvalue weighted by Gasteiger charge is 2.64. The summed E-state index contributed by atoms with van der Waals surface area (Å²) in [6, 6.07) is 0.0697. The van der Waals surface area contributed by atoms with Gasteiger partial charge in [-0.2, -0.15) is 0 Å². The van der Waals surface area contributed by atoms with Crippen LogP contribution in [0.4, 0.5) is 0 Å². The summed E-state index contributed by atoms with van der Waals surface area (Å²) in [7, 11) is 1.37. The van der Waals surface area contributed by atoms with Gasteiger partial charge in [-0.1, -0.05) is 0 Å². The van der Waals surface area contributed by atoms with E-state index in [4.69, 9.17) is 137 Å². The predicted octanol–water partition coefficient (Wildman–Crippen LogP) is -2.44. The van der Waals surface area contributed by atoms with Gasteiger partial charge in [0.2, 0.25) is 24.0 Å². The second-order valence-corrected chi connectivity index (χ2v) is 30.3. The number of rotatable bonds is 38. The van der Waals surface area contributed by atoms with Crippen molar-refractivity contribution in [2.75, 3.05) is 46.8 Å². The minimum absolute atomic E-state index is 0.00160. The predicted molar refractivity (Wildman–Crippen MR) is 418 cm³/mol. The fraction of sp³-hybridized carbons (Fsp3) is 0.691. The summed E-state index contributed by atoms with van der Waals surface area (Å²) in [5.41, 5.74) is 0. The quantitative estimate of drug-likeness (QED) is 0.0457. The van der Waals surface area contributed by atoms with Gasteiger partial charge in [0.25, 0.3) is 0 Å². The molecule has 0 aliphatic carbocycles. The molecule has 1 aromatic rings.